The summed E-state index contributed by atoms with van der Waals surface area (Å²) in [6.45, 7) is 3.99. The number of amides is 1. The van der Waals surface area contributed by atoms with E-state index in [4.69, 9.17) is 0 Å². The number of nitrogens with zero attached hydrogens (tertiary/aromatic N) is 1. The van der Waals surface area contributed by atoms with Crippen molar-refractivity contribution >= 4 is 40.2 Å². The van der Waals surface area contributed by atoms with E-state index in [-0.39, 0.29) is 11.0 Å². The number of anilines is 1. The van der Waals surface area contributed by atoms with E-state index in [1.807, 2.05) is 56.3 Å². The summed E-state index contributed by atoms with van der Waals surface area (Å²) < 4.78 is 0. The lowest BCUT2D eigenvalue weighted by atomic mass is 10.0. The zero-order chi connectivity index (χ0) is 16.2. The first-order valence-electron chi connectivity index (χ1n) is 7.40. The van der Waals surface area contributed by atoms with Crippen molar-refractivity contribution in [1.29, 1.82) is 0 Å². The third-order valence-electron chi connectivity index (χ3n) is 4.30. The van der Waals surface area contributed by atoms with Crippen molar-refractivity contribution in [2.24, 2.45) is 0 Å². The molecule has 1 amide bonds. The van der Waals surface area contributed by atoms with Crippen LogP contribution in [0.3, 0.4) is 0 Å². The fraction of sp³-hybridized carbons (Fsp3) is 0.222. The minimum Gasteiger partial charge on any atom is -0.284 e. The van der Waals surface area contributed by atoms with Crippen molar-refractivity contribution < 1.29 is 9.59 Å². The summed E-state index contributed by atoms with van der Waals surface area (Å²) in [7, 11) is 0. The molecule has 1 spiro atoms. The van der Waals surface area contributed by atoms with Gasteiger partial charge in [-0.2, -0.15) is 0 Å². The molecule has 1 saturated heterocycles. The number of thioether (sulfide) groups is 2. The molecule has 5 heteroatoms. The molecule has 3 nitrogen and oxygen atoms in total. The van der Waals surface area contributed by atoms with Gasteiger partial charge in [-0.15, -0.1) is 11.8 Å². The molecule has 116 valence electrons. The Morgan fingerprint density at radius 1 is 1.09 bits per heavy atom. The molecular weight excluding hydrogens is 326 g/mol. The number of para-hydroxylation sites is 1. The Kier molecular flexibility index (Phi) is 3.32. The molecule has 1 atom stereocenters. The molecule has 4 rings (SSSR count). The minimum atomic E-state index is -0.921. The summed E-state index contributed by atoms with van der Waals surface area (Å²) in [6, 6.07) is 13.8. The van der Waals surface area contributed by atoms with Crippen molar-refractivity contribution in [1.82, 2.24) is 0 Å². The van der Waals surface area contributed by atoms with Crippen LogP contribution in [0.4, 0.5) is 5.69 Å². The molecule has 2 aromatic carbocycles. The van der Waals surface area contributed by atoms with Crippen LogP contribution in [0.5, 0.6) is 0 Å². The monoisotopic (exact) mass is 341 g/mol. The standard InChI is InChI=1S/C18H15NO2S2/c1-11-7-8-15-13(9-11)18(17(21)23-15)19(16(20)10-22-18)14-6-4-3-5-12(14)2/h3-9H,10H2,1-2H3. The highest BCUT2D eigenvalue weighted by Gasteiger charge is 2.58. The molecule has 23 heavy (non-hydrogen) atoms. The lowest BCUT2D eigenvalue weighted by molar-refractivity contribution is -0.119. The predicted octanol–water partition coefficient (Wildman–Crippen LogP) is 3.87. The number of carbonyl (C=O) groups excluding carboxylic acids is 2. The van der Waals surface area contributed by atoms with Crippen molar-refractivity contribution in [3.8, 4) is 0 Å². The maximum absolute atomic E-state index is 13.0. The van der Waals surface area contributed by atoms with Gasteiger partial charge in [0.2, 0.25) is 11.0 Å². The number of aryl methyl sites for hydroxylation is 2. The maximum atomic E-state index is 13.0. The quantitative estimate of drug-likeness (QED) is 0.789. The lowest BCUT2D eigenvalue weighted by Gasteiger charge is -2.33. The molecule has 0 aliphatic carbocycles. The summed E-state index contributed by atoms with van der Waals surface area (Å²) in [4.78, 5) is 27.4. The third-order valence-corrected chi connectivity index (χ3v) is 6.89. The molecule has 0 bridgehead atoms. The van der Waals surface area contributed by atoms with Crippen LogP contribution < -0.4 is 4.90 Å². The Morgan fingerprint density at radius 3 is 2.65 bits per heavy atom. The zero-order valence-electron chi connectivity index (χ0n) is 12.8. The second-order valence-electron chi connectivity index (χ2n) is 5.84. The Hall–Kier alpha value is -1.72. The van der Waals surface area contributed by atoms with Crippen molar-refractivity contribution in [2.45, 2.75) is 23.6 Å². The Morgan fingerprint density at radius 2 is 1.87 bits per heavy atom. The van der Waals surface area contributed by atoms with E-state index < -0.39 is 4.87 Å². The van der Waals surface area contributed by atoms with Gasteiger partial charge in [-0.1, -0.05) is 35.9 Å². The summed E-state index contributed by atoms with van der Waals surface area (Å²) in [5.41, 5.74) is 3.88. The number of carbonyl (C=O) groups is 2. The van der Waals surface area contributed by atoms with E-state index in [2.05, 4.69) is 0 Å². The van der Waals surface area contributed by atoms with Crippen LogP contribution in [0.1, 0.15) is 16.7 Å². The fourth-order valence-electron chi connectivity index (χ4n) is 3.21. The first kappa shape index (κ1) is 14.8. The van der Waals surface area contributed by atoms with Crippen molar-refractivity contribution in [3.63, 3.8) is 0 Å². The molecule has 2 aromatic rings. The van der Waals surface area contributed by atoms with Crippen LogP contribution in [0.25, 0.3) is 0 Å². The fourth-order valence-corrected chi connectivity index (χ4v) is 5.81. The summed E-state index contributed by atoms with van der Waals surface area (Å²) in [5, 5.41) is 0.0252. The van der Waals surface area contributed by atoms with E-state index in [1.54, 1.807) is 4.90 Å². The topological polar surface area (TPSA) is 37.4 Å². The summed E-state index contributed by atoms with van der Waals surface area (Å²) in [6.07, 6.45) is 0. The van der Waals surface area contributed by atoms with E-state index in [0.29, 0.717) is 5.75 Å². The highest BCUT2D eigenvalue weighted by Crippen LogP contribution is 2.58. The van der Waals surface area contributed by atoms with Gasteiger partial charge in [0, 0.05) is 16.1 Å². The van der Waals surface area contributed by atoms with Crippen molar-refractivity contribution in [2.75, 3.05) is 10.7 Å². The van der Waals surface area contributed by atoms with Gasteiger partial charge in [0.25, 0.3) is 0 Å². The first-order valence-corrected chi connectivity index (χ1v) is 9.20. The SMILES string of the molecule is Cc1ccc2c(c1)C1(SCC(=O)N1c1ccccc1C)C(=O)S2. The van der Waals surface area contributed by atoms with E-state index in [9.17, 15) is 9.59 Å². The molecule has 0 radical (unpaired) electrons. The van der Waals surface area contributed by atoms with Gasteiger partial charge in [0.15, 0.2) is 4.87 Å². The van der Waals surface area contributed by atoms with Crippen LogP contribution in [0.15, 0.2) is 47.4 Å². The molecule has 0 N–H and O–H groups in total. The molecule has 2 aliphatic rings. The van der Waals surface area contributed by atoms with Crippen molar-refractivity contribution in [3.05, 3.63) is 59.2 Å². The highest BCUT2D eigenvalue weighted by atomic mass is 32.2. The summed E-state index contributed by atoms with van der Waals surface area (Å²) in [5.74, 6) is 0.321. The second kappa shape index (κ2) is 5.14. The van der Waals surface area contributed by atoms with Gasteiger partial charge in [-0.25, -0.2) is 0 Å². The molecule has 2 heterocycles. The molecule has 2 aliphatic heterocycles. The number of hydrogen-bond donors (Lipinski definition) is 0. The van der Waals surface area contributed by atoms with Gasteiger partial charge in [-0.3, -0.25) is 14.5 Å². The molecule has 0 aromatic heterocycles. The first-order chi connectivity index (χ1) is 11.0. The Labute approximate surface area is 143 Å². The molecule has 1 unspecified atom stereocenters. The number of fused-ring (bicyclic) bond motifs is 2. The van der Waals surface area contributed by atoms with Crippen LogP contribution in [0.2, 0.25) is 0 Å². The van der Waals surface area contributed by atoms with E-state index >= 15 is 0 Å². The predicted molar refractivity (Wildman–Crippen MR) is 94.8 cm³/mol. The number of rotatable bonds is 1. The molecule has 1 fully saturated rings. The van der Waals surface area contributed by atoms with Crippen LogP contribution in [-0.4, -0.2) is 16.8 Å². The molecule has 0 saturated carbocycles. The second-order valence-corrected chi connectivity index (χ2v) is 8.02. The smallest absolute Gasteiger partial charge is 0.238 e. The minimum absolute atomic E-state index is 0.00685. The summed E-state index contributed by atoms with van der Waals surface area (Å²) >= 11 is 2.69. The lowest BCUT2D eigenvalue weighted by Crippen LogP contribution is -2.45. The highest BCUT2D eigenvalue weighted by molar-refractivity contribution is 8.17. The normalized spacial score (nSPS) is 23.0. The van der Waals surface area contributed by atoms with Gasteiger partial charge in [0.1, 0.15) is 0 Å². The van der Waals surface area contributed by atoms with Gasteiger partial charge in [0.05, 0.1) is 5.75 Å². The van der Waals surface area contributed by atoms with Crippen LogP contribution in [-0.2, 0) is 14.5 Å². The average Bonchev–Trinajstić information content (AvgIpc) is 3.00. The Bertz CT molecular complexity index is 849. The van der Waals surface area contributed by atoms with E-state index in [0.717, 1.165) is 27.3 Å². The van der Waals surface area contributed by atoms with Gasteiger partial charge < -0.3 is 0 Å². The Balaban J connectivity index is 1.97. The number of benzene rings is 2. The zero-order valence-corrected chi connectivity index (χ0v) is 14.5. The van der Waals surface area contributed by atoms with E-state index in [1.165, 1.54) is 23.5 Å². The van der Waals surface area contributed by atoms with Crippen LogP contribution >= 0.6 is 23.5 Å². The maximum Gasteiger partial charge on any atom is 0.238 e. The van der Waals surface area contributed by atoms with Gasteiger partial charge >= 0.3 is 0 Å². The van der Waals surface area contributed by atoms with Gasteiger partial charge in [-0.05, 0) is 43.3 Å². The average molecular weight is 341 g/mol. The van der Waals surface area contributed by atoms with Crippen LogP contribution in [0, 0.1) is 13.8 Å². The molecular formula is C18H15NO2S2. The third kappa shape index (κ3) is 2.00. The number of hydrogen-bond acceptors (Lipinski definition) is 4. The largest absolute Gasteiger partial charge is 0.284 e.